The van der Waals surface area contributed by atoms with Gasteiger partial charge in [-0.25, -0.2) is 13.3 Å². The Morgan fingerprint density at radius 2 is 2.03 bits per heavy atom. The quantitative estimate of drug-likeness (QED) is 0.367. The number of carbonyl (C=O) groups is 1. The number of benzene rings is 2. The number of nitrogens with zero attached hydrogens (tertiary/aromatic N) is 5. The van der Waals surface area contributed by atoms with E-state index < -0.39 is 11.9 Å². The molecule has 0 saturated carbocycles. The van der Waals surface area contributed by atoms with Gasteiger partial charge in [0.25, 0.3) is 5.91 Å². The van der Waals surface area contributed by atoms with Crippen LogP contribution in [0.25, 0.3) is 11.0 Å². The lowest BCUT2D eigenvalue weighted by molar-refractivity contribution is 0.0992. The van der Waals surface area contributed by atoms with Crippen LogP contribution in [-0.2, 0) is 7.05 Å². The molecule has 0 radical (unpaired) electrons. The summed E-state index contributed by atoms with van der Waals surface area (Å²) in [4.78, 5) is 19.1. The third-order valence-electron chi connectivity index (χ3n) is 5.11. The maximum absolute atomic E-state index is 14.9. The Labute approximate surface area is 187 Å². The standard InChI is InChI=1S/C19H11BrClF2N5OS/c1-26-17-15(18(20)25-26)19(29)28(16(17)11-4-2-9(21)6-12(11)22)10-3-5-14-13(7-10)24-8-27(14)30-23/h2-8,16H,1H3. The summed E-state index contributed by atoms with van der Waals surface area (Å²) in [6.07, 6.45) is 1.36. The molecule has 0 spiro atoms. The van der Waals surface area contributed by atoms with Gasteiger partial charge in [-0.15, -0.1) is 3.89 Å². The molecule has 1 aliphatic heterocycles. The molecule has 1 unspecified atom stereocenters. The SMILES string of the molecule is Cn1nc(Br)c2c1C(c1ccc(Cl)cc1F)N(c1ccc3c(c1)ncn3SF)C2=O. The van der Waals surface area contributed by atoms with Crippen LogP contribution >= 0.6 is 39.9 Å². The van der Waals surface area contributed by atoms with E-state index in [-0.39, 0.29) is 28.8 Å². The van der Waals surface area contributed by atoms with Gasteiger partial charge < -0.3 is 0 Å². The van der Waals surface area contributed by atoms with Gasteiger partial charge in [0.05, 0.1) is 22.3 Å². The highest BCUT2D eigenvalue weighted by Crippen LogP contribution is 2.45. The molecule has 0 bridgehead atoms. The number of aryl methyl sites for hydroxylation is 1. The zero-order valence-corrected chi connectivity index (χ0v) is 18.3. The topological polar surface area (TPSA) is 56.0 Å². The molecule has 5 rings (SSSR count). The van der Waals surface area contributed by atoms with E-state index in [9.17, 15) is 13.1 Å². The molecule has 2 aromatic heterocycles. The van der Waals surface area contributed by atoms with E-state index >= 15 is 0 Å². The monoisotopic (exact) mass is 509 g/mol. The van der Waals surface area contributed by atoms with Gasteiger partial charge >= 0.3 is 0 Å². The van der Waals surface area contributed by atoms with Crippen LogP contribution in [0.4, 0.5) is 14.0 Å². The fourth-order valence-electron chi connectivity index (χ4n) is 3.83. The van der Waals surface area contributed by atoms with Crippen LogP contribution in [0.1, 0.15) is 27.7 Å². The maximum Gasteiger partial charge on any atom is 0.263 e. The minimum absolute atomic E-state index is 0.0331. The molecular formula is C19H11BrClF2N5OS. The molecule has 0 N–H and O–H groups in total. The number of amides is 1. The summed E-state index contributed by atoms with van der Waals surface area (Å²) in [5.41, 5.74) is 2.78. The van der Waals surface area contributed by atoms with E-state index in [0.717, 1.165) is 0 Å². The third kappa shape index (κ3) is 2.78. The number of imidazole rings is 1. The van der Waals surface area contributed by atoms with Crippen molar-refractivity contribution in [1.82, 2.24) is 18.7 Å². The van der Waals surface area contributed by atoms with E-state index in [4.69, 9.17) is 11.6 Å². The molecule has 2 aromatic carbocycles. The number of anilines is 1. The second kappa shape index (κ2) is 7.07. The summed E-state index contributed by atoms with van der Waals surface area (Å²) in [6.45, 7) is 0. The average molecular weight is 511 g/mol. The predicted octanol–water partition coefficient (Wildman–Crippen LogP) is 5.46. The lowest BCUT2D eigenvalue weighted by Gasteiger charge is -2.27. The minimum Gasteiger partial charge on any atom is -0.295 e. The first-order chi connectivity index (χ1) is 14.4. The first-order valence-corrected chi connectivity index (χ1v) is 10.5. The third-order valence-corrected chi connectivity index (χ3v) is 6.34. The van der Waals surface area contributed by atoms with Crippen LogP contribution in [0.5, 0.6) is 0 Å². The van der Waals surface area contributed by atoms with E-state index in [2.05, 4.69) is 26.0 Å². The fraction of sp³-hybridized carbons (Fsp3) is 0.105. The molecule has 0 aliphatic carbocycles. The van der Waals surface area contributed by atoms with Gasteiger partial charge in [-0.2, -0.15) is 5.10 Å². The first-order valence-electron chi connectivity index (χ1n) is 8.67. The van der Waals surface area contributed by atoms with Crippen molar-refractivity contribution in [1.29, 1.82) is 0 Å². The van der Waals surface area contributed by atoms with Crippen LogP contribution in [0, 0.1) is 5.82 Å². The highest BCUT2D eigenvalue weighted by Gasteiger charge is 2.44. The van der Waals surface area contributed by atoms with Crippen molar-refractivity contribution in [3.8, 4) is 0 Å². The molecule has 3 heterocycles. The van der Waals surface area contributed by atoms with Gasteiger partial charge in [0.15, 0.2) is 12.3 Å². The Balaban J connectivity index is 1.73. The zero-order valence-electron chi connectivity index (χ0n) is 15.2. The van der Waals surface area contributed by atoms with Gasteiger partial charge in [-0.3, -0.25) is 14.4 Å². The van der Waals surface area contributed by atoms with Crippen LogP contribution in [0.3, 0.4) is 0 Å². The molecule has 0 fully saturated rings. The van der Waals surface area contributed by atoms with Crippen molar-refractivity contribution in [3.63, 3.8) is 0 Å². The maximum atomic E-state index is 14.9. The lowest BCUT2D eigenvalue weighted by atomic mass is 10.0. The predicted molar refractivity (Wildman–Crippen MR) is 115 cm³/mol. The number of hydrogen-bond donors (Lipinski definition) is 0. The van der Waals surface area contributed by atoms with Crippen LogP contribution in [-0.4, -0.2) is 24.6 Å². The number of hydrogen-bond acceptors (Lipinski definition) is 4. The lowest BCUT2D eigenvalue weighted by Crippen LogP contribution is -2.30. The van der Waals surface area contributed by atoms with Gasteiger partial charge in [0.1, 0.15) is 22.8 Å². The van der Waals surface area contributed by atoms with Crippen molar-refractivity contribution in [2.45, 2.75) is 6.04 Å². The fourth-order valence-corrected chi connectivity index (χ4v) is 4.91. The van der Waals surface area contributed by atoms with Gasteiger partial charge in [0.2, 0.25) is 0 Å². The van der Waals surface area contributed by atoms with Crippen molar-refractivity contribution < 1.29 is 13.1 Å². The number of rotatable bonds is 3. The molecular weight excluding hydrogens is 500 g/mol. The molecule has 0 saturated heterocycles. The Bertz CT molecular complexity index is 1340. The second-order valence-corrected chi connectivity index (χ2v) is 8.45. The number of aromatic nitrogens is 4. The molecule has 1 aliphatic rings. The smallest absolute Gasteiger partial charge is 0.263 e. The highest BCUT2D eigenvalue weighted by molar-refractivity contribution is 9.10. The molecule has 1 amide bonds. The average Bonchev–Trinajstić information content (AvgIpc) is 3.34. The number of halogens is 4. The molecule has 30 heavy (non-hydrogen) atoms. The summed E-state index contributed by atoms with van der Waals surface area (Å²) in [7, 11) is 1.70. The van der Waals surface area contributed by atoms with Crippen LogP contribution in [0.15, 0.2) is 47.3 Å². The molecule has 152 valence electrons. The van der Waals surface area contributed by atoms with Crippen LogP contribution < -0.4 is 4.90 Å². The number of fused-ring (bicyclic) bond motifs is 2. The summed E-state index contributed by atoms with van der Waals surface area (Å²) >= 11 is 9.30. The Morgan fingerprint density at radius 3 is 2.77 bits per heavy atom. The summed E-state index contributed by atoms with van der Waals surface area (Å²) in [5, 5.41) is 4.53. The van der Waals surface area contributed by atoms with E-state index in [1.807, 2.05) is 0 Å². The van der Waals surface area contributed by atoms with Crippen molar-refractivity contribution >= 4 is 62.5 Å². The molecule has 1 atom stereocenters. The van der Waals surface area contributed by atoms with Crippen molar-refractivity contribution in [3.05, 3.63) is 75.0 Å². The van der Waals surface area contributed by atoms with Gasteiger partial charge in [-0.1, -0.05) is 17.7 Å². The minimum atomic E-state index is -0.761. The van der Waals surface area contributed by atoms with E-state index in [0.29, 0.717) is 32.6 Å². The summed E-state index contributed by atoms with van der Waals surface area (Å²) in [5.74, 6) is -0.863. The first kappa shape index (κ1) is 19.5. The van der Waals surface area contributed by atoms with E-state index in [1.165, 1.54) is 21.3 Å². The van der Waals surface area contributed by atoms with Gasteiger partial charge in [0, 0.05) is 23.3 Å². The number of carbonyl (C=O) groups excluding carboxylic acids is 1. The summed E-state index contributed by atoms with van der Waals surface area (Å²) < 4.78 is 31.2. The highest BCUT2D eigenvalue weighted by atomic mass is 79.9. The van der Waals surface area contributed by atoms with Crippen molar-refractivity contribution in [2.24, 2.45) is 7.05 Å². The largest absolute Gasteiger partial charge is 0.295 e. The molecule has 4 aromatic rings. The normalized spacial score (nSPS) is 16.0. The van der Waals surface area contributed by atoms with Crippen LogP contribution in [0.2, 0.25) is 5.02 Å². The van der Waals surface area contributed by atoms with Gasteiger partial charge in [-0.05, 0) is 46.3 Å². The van der Waals surface area contributed by atoms with E-state index in [1.54, 1.807) is 42.1 Å². The second-order valence-electron chi connectivity index (χ2n) is 6.73. The molecule has 6 nitrogen and oxygen atoms in total. The van der Waals surface area contributed by atoms with Crippen molar-refractivity contribution in [2.75, 3.05) is 4.90 Å². The Kier molecular flexibility index (Phi) is 4.60. The Morgan fingerprint density at radius 1 is 1.23 bits per heavy atom. The zero-order chi connectivity index (χ0) is 21.2. The summed E-state index contributed by atoms with van der Waals surface area (Å²) in [6, 6.07) is 8.62. The molecule has 11 heteroatoms. The Hall–Kier alpha value is -2.43.